The van der Waals surface area contributed by atoms with Crippen LogP contribution in [0.1, 0.15) is 20.3 Å². The molecular weight excluding hydrogens is 204 g/mol. The van der Waals surface area contributed by atoms with Gasteiger partial charge in [0.2, 0.25) is 0 Å². The Morgan fingerprint density at radius 2 is 2.31 bits per heavy atom. The van der Waals surface area contributed by atoms with E-state index in [9.17, 15) is 0 Å². The van der Waals surface area contributed by atoms with Crippen LogP contribution in [0.5, 0.6) is 0 Å². The number of hydrogen-bond acceptors (Lipinski definition) is 4. The molecule has 1 aliphatic carbocycles. The van der Waals surface area contributed by atoms with E-state index in [1.807, 2.05) is 0 Å². The van der Waals surface area contributed by atoms with E-state index < -0.39 is 0 Å². The Bertz CT molecular complexity index is 227. The largest absolute Gasteiger partial charge is 0.381 e. The molecule has 4 heteroatoms. The molecule has 1 saturated carbocycles. The number of hydrogen-bond donors (Lipinski definition) is 2. The maximum atomic E-state index is 5.66. The summed E-state index contributed by atoms with van der Waals surface area (Å²) in [4.78, 5) is 0. The Morgan fingerprint density at radius 1 is 1.50 bits per heavy atom. The first-order valence-electron chi connectivity index (χ1n) is 6.23. The minimum atomic E-state index is 0.247. The Morgan fingerprint density at radius 3 is 2.88 bits per heavy atom. The first-order valence-corrected chi connectivity index (χ1v) is 6.23. The predicted molar refractivity (Wildman–Crippen MR) is 63.6 cm³/mol. The lowest BCUT2D eigenvalue weighted by atomic mass is 9.64. The van der Waals surface area contributed by atoms with Gasteiger partial charge in [-0.3, -0.25) is 0 Å². The summed E-state index contributed by atoms with van der Waals surface area (Å²) in [5.41, 5.74) is 0.247. The lowest BCUT2D eigenvalue weighted by molar-refractivity contribution is -0.101. The zero-order valence-corrected chi connectivity index (χ0v) is 10.6. The Balaban J connectivity index is 1.71. The Hall–Kier alpha value is -0.160. The average Bonchev–Trinajstić information content (AvgIpc) is 2.29. The summed E-state index contributed by atoms with van der Waals surface area (Å²) in [5, 5.41) is 6.94. The number of methoxy groups -OCH3 is 1. The third-order valence-corrected chi connectivity index (χ3v) is 4.06. The van der Waals surface area contributed by atoms with Gasteiger partial charge in [-0.25, -0.2) is 0 Å². The van der Waals surface area contributed by atoms with Crippen LogP contribution in [0, 0.1) is 5.41 Å². The smallest absolute Gasteiger partial charge is 0.0824 e. The quantitative estimate of drug-likeness (QED) is 0.730. The van der Waals surface area contributed by atoms with Crippen molar-refractivity contribution in [3.05, 3.63) is 0 Å². The number of ether oxygens (including phenoxy) is 2. The third kappa shape index (κ3) is 2.40. The van der Waals surface area contributed by atoms with E-state index in [2.05, 4.69) is 24.5 Å². The van der Waals surface area contributed by atoms with Crippen molar-refractivity contribution in [1.29, 1.82) is 0 Å². The van der Waals surface area contributed by atoms with Gasteiger partial charge < -0.3 is 20.1 Å². The van der Waals surface area contributed by atoms with Crippen molar-refractivity contribution < 1.29 is 9.47 Å². The molecule has 0 aromatic carbocycles. The van der Waals surface area contributed by atoms with E-state index in [-0.39, 0.29) is 5.41 Å². The fourth-order valence-corrected chi connectivity index (χ4v) is 2.66. The van der Waals surface area contributed by atoms with Gasteiger partial charge in [0.05, 0.1) is 18.8 Å². The van der Waals surface area contributed by atoms with Gasteiger partial charge in [-0.1, -0.05) is 13.8 Å². The second-order valence-corrected chi connectivity index (χ2v) is 5.44. The monoisotopic (exact) mass is 228 g/mol. The van der Waals surface area contributed by atoms with Crippen LogP contribution in [0.25, 0.3) is 0 Å². The third-order valence-electron chi connectivity index (χ3n) is 4.06. The van der Waals surface area contributed by atoms with Crippen LogP contribution >= 0.6 is 0 Å². The van der Waals surface area contributed by atoms with E-state index in [4.69, 9.17) is 9.47 Å². The zero-order chi connectivity index (χ0) is 11.6. The molecule has 2 N–H and O–H groups in total. The predicted octanol–water partition coefficient (Wildman–Crippen LogP) is 0.378. The topological polar surface area (TPSA) is 42.5 Å². The first kappa shape index (κ1) is 12.3. The normalized spacial score (nSPS) is 38.1. The summed E-state index contributed by atoms with van der Waals surface area (Å²) in [6, 6.07) is 0.558. The molecule has 4 nitrogen and oxygen atoms in total. The summed E-state index contributed by atoms with van der Waals surface area (Å²) in [7, 11) is 1.80. The molecule has 0 aromatic rings. The van der Waals surface area contributed by atoms with Crippen molar-refractivity contribution in [3.63, 3.8) is 0 Å². The fraction of sp³-hybridized carbons (Fsp3) is 1.00. The molecule has 3 atom stereocenters. The molecular formula is C12H24N2O2. The van der Waals surface area contributed by atoms with Gasteiger partial charge in [0, 0.05) is 38.2 Å². The summed E-state index contributed by atoms with van der Waals surface area (Å²) in [5.74, 6) is 0. The van der Waals surface area contributed by atoms with Crippen molar-refractivity contribution in [1.82, 2.24) is 10.6 Å². The van der Waals surface area contributed by atoms with Gasteiger partial charge in [0.15, 0.2) is 0 Å². The Labute approximate surface area is 98.1 Å². The molecule has 2 rings (SSSR count). The average molecular weight is 228 g/mol. The molecule has 1 aliphatic heterocycles. The van der Waals surface area contributed by atoms with Crippen LogP contribution in [-0.4, -0.2) is 51.6 Å². The highest BCUT2D eigenvalue weighted by Crippen LogP contribution is 2.42. The van der Waals surface area contributed by atoms with Crippen molar-refractivity contribution in [2.45, 2.75) is 38.5 Å². The first-order chi connectivity index (χ1) is 7.64. The molecule has 0 aromatic heterocycles. The molecule has 0 radical (unpaired) electrons. The molecule has 1 heterocycles. The van der Waals surface area contributed by atoms with Gasteiger partial charge in [-0.15, -0.1) is 0 Å². The van der Waals surface area contributed by atoms with Crippen LogP contribution in [0.2, 0.25) is 0 Å². The molecule has 3 unspecified atom stereocenters. The van der Waals surface area contributed by atoms with Crippen LogP contribution in [0.4, 0.5) is 0 Å². The highest BCUT2D eigenvalue weighted by atomic mass is 16.5. The molecule has 94 valence electrons. The van der Waals surface area contributed by atoms with Gasteiger partial charge in [-0.2, -0.15) is 0 Å². The van der Waals surface area contributed by atoms with Crippen molar-refractivity contribution in [2.24, 2.45) is 5.41 Å². The van der Waals surface area contributed by atoms with Crippen LogP contribution in [-0.2, 0) is 9.47 Å². The highest BCUT2D eigenvalue weighted by Gasteiger charge is 2.48. The molecule has 16 heavy (non-hydrogen) atoms. The minimum Gasteiger partial charge on any atom is -0.381 e. The number of nitrogens with one attached hydrogen (secondary N) is 2. The zero-order valence-electron chi connectivity index (χ0n) is 10.6. The van der Waals surface area contributed by atoms with E-state index in [0.717, 1.165) is 32.7 Å². The molecule has 2 fully saturated rings. The molecule has 1 saturated heterocycles. The van der Waals surface area contributed by atoms with Crippen LogP contribution in [0.15, 0.2) is 0 Å². The second kappa shape index (κ2) is 5.00. The maximum Gasteiger partial charge on any atom is 0.0824 e. The van der Waals surface area contributed by atoms with Gasteiger partial charge in [0.1, 0.15) is 0 Å². The summed E-state index contributed by atoms with van der Waals surface area (Å²) < 4.78 is 11.1. The van der Waals surface area contributed by atoms with Crippen molar-refractivity contribution in [3.8, 4) is 0 Å². The summed E-state index contributed by atoms with van der Waals surface area (Å²) in [6.45, 7) is 8.26. The molecule has 2 aliphatic rings. The lowest BCUT2D eigenvalue weighted by Crippen LogP contribution is -2.62. The number of rotatable bonds is 4. The van der Waals surface area contributed by atoms with Gasteiger partial charge in [-0.05, 0) is 6.42 Å². The van der Waals surface area contributed by atoms with Gasteiger partial charge in [0.25, 0.3) is 0 Å². The molecule has 0 spiro atoms. The summed E-state index contributed by atoms with van der Waals surface area (Å²) in [6.07, 6.45) is 1.84. The second-order valence-electron chi connectivity index (χ2n) is 5.44. The van der Waals surface area contributed by atoms with Crippen molar-refractivity contribution >= 4 is 0 Å². The minimum absolute atomic E-state index is 0.247. The lowest BCUT2D eigenvalue weighted by Gasteiger charge is -2.51. The fourth-order valence-electron chi connectivity index (χ4n) is 2.66. The van der Waals surface area contributed by atoms with E-state index in [0.29, 0.717) is 18.2 Å². The van der Waals surface area contributed by atoms with Crippen LogP contribution < -0.4 is 10.6 Å². The van der Waals surface area contributed by atoms with Crippen molar-refractivity contribution in [2.75, 3.05) is 33.4 Å². The standard InChI is InChI=1S/C12H24N2O2/c1-12(2)10(6-11(12)15-3)14-8-9-7-13-4-5-16-9/h9-11,13-14H,4-8H2,1-3H3. The van der Waals surface area contributed by atoms with E-state index in [1.54, 1.807) is 7.11 Å². The molecule has 0 amide bonds. The van der Waals surface area contributed by atoms with E-state index >= 15 is 0 Å². The van der Waals surface area contributed by atoms with Gasteiger partial charge >= 0.3 is 0 Å². The molecule has 0 bridgehead atoms. The Kier molecular flexibility index (Phi) is 3.85. The highest BCUT2D eigenvalue weighted by molar-refractivity contribution is 5.02. The summed E-state index contributed by atoms with van der Waals surface area (Å²) >= 11 is 0. The van der Waals surface area contributed by atoms with E-state index in [1.165, 1.54) is 0 Å². The SMILES string of the molecule is COC1CC(NCC2CNCCO2)C1(C)C. The van der Waals surface area contributed by atoms with Crippen LogP contribution in [0.3, 0.4) is 0 Å². The maximum absolute atomic E-state index is 5.66. The number of morpholine rings is 1.